The molecule has 0 aliphatic heterocycles. The summed E-state index contributed by atoms with van der Waals surface area (Å²) in [6.45, 7) is 9.18. The fourth-order valence-corrected chi connectivity index (χ4v) is 2.31. The Labute approximate surface area is 127 Å². The minimum Gasteiger partial charge on any atom is -0.457 e. The number of nitrogens with zero attached hydrogens (tertiary/aromatic N) is 1. The number of hydrogen-bond acceptors (Lipinski definition) is 3. The van der Waals surface area contributed by atoms with E-state index in [1.807, 2.05) is 26.2 Å². The van der Waals surface area contributed by atoms with Crippen molar-refractivity contribution < 1.29 is 4.74 Å². The van der Waals surface area contributed by atoms with E-state index in [4.69, 9.17) is 4.74 Å². The lowest BCUT2D eigenvalue weighted by atomic mass is 10.0. The summed E-state index contributed by atoms with van der Waals surface area (Å²) in [5.41, 5.74) is 4.46. The van der Waals surface area contributed by atoms with Crippen LogP contribution < -0.4 is 10.1 Å². The number of aromatic nitrogens is 1. The molecule has 0 atom stereocenters. The zero-order valence-corrected chi connectivity index (χ0v) is 13.5. The minimum atomic E-state index is 0.427. The molecule has 1 aromatic heterocycles. The molecule has 1 heterocycles. The van der Waals surface area contributed by atoms with Crippen LogP contribution in [0.4, 0.5) is 0 Å². The summed E-state index contributed by atoms with van der Waals surface area (Å²) in [6.07, 6.45) is 1.88. The van der Waals surface area contributed by atoms with Crippen molar-refractivity contribution in [1.29, 1.82) is 0 Å². The van der Waals surface area contributed by atoms with Gasteiger partial charge in [0.25, 0.3) is 0 Å². The molecule has 0 saturated heterocycles. The first kappa shape index (κ1) is 15.5. The summed E-state index contributed by atoms with van der Waals surface area (Å²) in [4.78, 5) is 4.36. The summed E-state index contributed by atoms with van der Waals surface area (Å²) in [5, 5.41) is 3.16. The van der Waals surface area contributed by atoms with Gasteiger partial charge in [-0.15, -0.1) is 0 Å². The van der Waals surface area contributed by atoms with Gasteiger partial charge in [-0.25, -0.2) is 0 Å². The van der Waals surface area contributed by atoms with E-state index in [9.17, 15) is 0 Å². The number of rotatable bonds is 5. The Morgan fingerprint density at radius 3 is 2.57 bits per heavy atom. The third-order valence-electron chi connectivity index (χ3n) is 3.46. The summed E-state index contributed by atoms with van der Waals surface area (Å²) < 4.78 is 6.24. The van der Waals surface area contributed by atoms with Crippen LogP contribution >= 0.6 is 0 Å². The molecule has 3 nitrogen and oxygen atoms in total. The third-order valence-corrected chi connectivity index (χ3v) is 3.46. The van der Waals surface area contributed by atoms with Crippen molar-refractivity contribution in [1.82, 2.24) is 10.3 Å². The smallest absolute Gasteiger partial charge is 0.135 e. The molecule has 2 rings (SSSR count). The first-order valence-corrected chi connectivity index (χ1v) is 7.39. The zero-order chi connectivity index (χ0) is 15.4. The van der Waals surface area contributed by atoms with Crippen molar-refractivity contribution >= 4 is 0 Å². The van der Waals surface area contributed by atoms with E-state index in [0.717, 1.165) is 29.3 Å². The Bertz CT molecular complexity index is 621. The maximum atomic E-state index is 6.24. The van der Waals surface area contributed by atoms with Crippen molar-refractivity contribution in [3.8, 4) is 11.5 Å². The second kappa shape index (κ2) is 6.72. The first-order chi connectivity index (χ1) is 10.0. The van der Waals surface area contributed by atoms with E-state index in [1.165, 1.54) is 11.1 Å². The highest BCUT2D eigenvalue weighted by atomic mass is 16.5. The van der Waals surface area contributed by atoms with Gasteiger partial charge >= 0.3 is 0 Å². The quantitative estimate of drug-likeness (QED) is 0.887. The molecule has 1 aromatic carbocycles. The van der Waals surface area contributed by atoms with Gasteiger partial charge in [-0.3, -0.25) is 4.98 Å². The van der Waals surface area contributed by atoms with Crippen molar-refractivity contribution in [2.75, 3.05) is 7.05 Å². The summed E-state index contributed by atoms with van der Waals surface area (Å²) >= 11 is 0. The second-order valence-corrected chi connectivity index (χ2v) is 5.76. The molecule has 112 valence electrons. The van der Waals surface area contributed by atoms with Crippen LogP contribution in [0.1, 0.15) is 42.1 Å². The largest absolute Gasteiger partial charge is 0.457 e. The molecule has 3 heteroatoms. The summed E-state index contributed by atoms with van der Waals surface area (Å²) in [7, 11) is 1.93. The van der Waals surface area contributed by atoms with Gasteiger partial charge in [0.05, 0.1) is 0 Å². The van der Waals surface area contributed by atoms with Gasteiger partial charge in [0.2, 0.25) is 0 Å². The van der Waals surface area contributed by atoms with E-state index in [-0.39, 0.29) is 0 Å². The standard InChI is InChI=1S/C18H24N2O/c1-12(2)16-7-6-13(3)8-18(16)21-17-9-14(4)20-11-15(17)10-19-5/h6-9,11-12,19H,10H2,1-5H3. The Kier molecular flexibility index (Phi) is 4.97. The van der Waals surface area contributed by atoms with Crippen LogP contribution in [0.2, 0.25) is 0 Å². The first-order valence-electron chi connectivity index (χ1n) is 7.39. The molecule has 0 aliphatic rings. The van der Waals surface area contributed by atoms with Crippen LogP contribution in [-0.4, -0.2) is 12.0 Å². The number of aryl methyl sites for hydroxylation is 2. The molecule has 0 spiro atoms. The number of pyridine rings is 1. The van der Waals surface area contributed by atoms with Gasteiger partial charge in [-0.05, 0) is 44.0 Å². The summed E-state index contributed by atoms with van der Waals surface area (Å²) in [5.74, 6) is 2.24. The highest BCUT2D eigenvalue weighted by molar-refractivity contribution is 5.44. The molecular formula is C18H24N2O. The average molecular weight is 284 g/mol. The molecule has 0 bridgehead atoms. The maximum absolute atomic E-state index is 6.24. The van der Waals surface area contributed by atoms with E-state index >= 15 is 0 Å². The molecule has 0 unspecified atom stereocenters. The third kappa shape index (κ3) is 3.82. The van der Waals surface area contributed by atoms with Crippen LogP contribution in [0.15, 0.2) is 30.5 Å². The molecule has 0 radical (unpaired) electrons. The highest BCUT2D eigenvalue weighted by Crippen LogP contribution is 2.33. The number of hydrogen-bond donors (Lipinski definition) is 1. The predicted molar refractivity (Wildman–Crippen MR) is 87.1 cm³/mol. The van der Waals surface area contributed by atoms with E-state index in [1.54, 1.807) is 0 Å². The van der Waals surface area contributed by atoms with Crippen molar-refractivity contribution in [3.05, 3.63) is 52.8 Å². The monoisotopic (exact) mass is 284 g/mol. The minimum absolute atomic E-state index is 0.427. The molecule has 0 aliphatic carbocycles. The van der Waals surface area contributed by atoms with Crippen molar-refractivity contribution in [3.63, 3.8) is 0 Å². The number of nitrogens with one attached hydrogen (secondary N) is 1. The Morgan fingerprint density at radius 1 is 1.14 bits per heavy atom. The van der Waals surface area contributed by atoms with Crippen LogP contribution in [-0.2, 0) is 6.54 Å². The lowest BCUT2D eigenvalue weighted by molar-refractivity contribution is 0.463. The highest BCUT2D eigenvalue weighted by Gasteiger charge is 2.12. The lowest BCUT2D eigenvalue weighted by Gasteiger charge is -2.17. The van der Waals surface area contributed by atoms with Gasteiger partial charge in [0.1, 0.15) is 11.5 Å². The molecule has 21 heavy (non-hydrogen) atoms. The molecule has 1 N–H and O–H groups in total. The molecule has 0 fully saturated rings. The van der Waals surface area contributed by atoms with Gasteiger partial charge < -0.3 is 10.1 Å². The Hall–Kier alpha value is -1.87. The lowest BCUT2D eigenvalue weighted by Crippen LogP contribution is -2.07. The molecule has 0 amide bonds. The second-order valence-electron chi connectivity index (χ2n) is 5.76. The van der Waals surface area contributed by atoms with Crippen LogP contribution in [0.25, 0.3) is 0 Å². The van der Waals surface area contributed by atoms with Crippen LogP contribution in [0.5, 0.6) is 11.5 Å². The Balaban J connectivity index is 2.42. The molecule has 2 aromatic rings. The number of ether oxygens (including phenoxy) is 1. The molecule has 0 saturated carbocycles. The molecular weight excluding hydrogens is 260 g/mol. The van der Waals surface area contributed by atoms with Gasteiger partial charge in [-0.2, -0.15) is 0 Å². The van der Waals surface area contributed by atoms with Crippen molar-refractivity contribution in [2.24, 2.45) is 0 Å². The van der Waals surface area contributed by atoms with E-state index in [2.05, 4.69) is 49.3 Å². The van der Waals surface area contributed by atoms with Gasteiger partial charge in [-0.1, -0.05) is 26.0 Å². The van der Waals surface area contributed by atoms with Gasteiger partial charge in [0, 0.05) is 30.1 Å². The number of benzene rings is 1. The average Bonchev–Trinajstić information content (AvgIpc) is 2.42. The topological polar surface area (TPSA) is 34.2 Å². The SMILES string of the molecule is CNCc1cnc(C)cc1Oc1cc(C)ccc1C(C)C. The van der Waals surface area contributed by atoms with E-state index in [0.29, 0.717) is 5.92 Å². The zero-order valence-electron chi connectivity index (χ0n) is 13.5. The Morgan fingerprint density at radius 2 is 1.90 bits per heavy atom. The fourth-order valence-electron chi connectivity index (χ4n) is 2.31. The van der Waals surface area contributed by atoms with E-state index < -0.39 is 0 Å². The fraction of sp³-hybridized carbons (Fsp3) is 0.389. The van der Waals surface area contributed by atoms with Crippen LogP contribution in [0, 0.1) is 13.8 Å². The maximum Gasteiger partial charge on any atom is 0.135 e. The predicted octanol–water partition coefficient (Wildman–Crippen LogP) is 4.33. The van der Waals surface area contributed by atoms with Crippen LogP contribution in [0.3, 0.4) is 0 Å². The normalized spacial score (nSPS) is 11.0. The van der Waals surface area contributed by atoms with Crippen molar-refractivity contribution in [2.45, 2.75) is 40.2 Å². The van der Waals surface area contributed by atoms with Gasteiger partial charge in [0.15, 0.2) is 0 Å². The summed E-state index contributed by atoms with van der Waals surface area (Å²) in [6, 6.07) is 8.39.